The number of methoxy groups -OCH3 is 1. The molecule has 0 heterocycles. The highest BCUT2D eigenvalue weighted by Crippen LogP contribution is 2.26. The molecule has 0 aliphatic carbocycles. The van der Waals surface area contributed by atoms with Crippen LogP contribution in [0.3, 0.4) is 0 Å². The van der Waals surface area contributed by atoms with Gasteiger partial charge in [0.05, 0.1) is 11.0 Å². The number of benzene rings is 2. The Balaban J connectivity index is 2.09. The van der Waals surface area contributed by atoms with Crippen LogP contribution >= 0.6 is 11.6 Å². The van der Waals surface area contributed by atoms with Crippen LogP contribution in [-0.2, 0) is 14.8 Å². The van der Waals surface area contributed by atoms with E-state index in [-0.39, 0.29) is 11.4 Å². The molecule has 0 spiro atoms. The molecule has 2 aromatic rings. The number of alkyl halides is 3. The maximum absolute atomic E-state index is 12.3. The lowest BCUT2D eigenvalue weighted by molar-refractivity contribution is -0.274. The summed E-state index contributed by atoms with van der Waals surface area (Å²) in [5.74, 6) is -0.512. The number of sulfonamides is 1. The second kappa shape index (κ2) is 8.26. The van der Waals surface area contributed by atoms with Crippen molar-refractivity contribution in [2.75, 3.05) is 13.7 Å². The molecule has 0 aliphatic rings. The van der Waals surface area contributed by atoms with Crippen molar-refractivity contribution in [3.8, 4) is 5.75 Å². The summed E-state index contributed by atoms with van der Waals surface area (Å²) in [5, 5.41) is 0.423. The third-order valence-electron chi connectivity index (χ3n) is 3.36. The molecule has 0 radical (unpaired) electrons. The van der Waals surface area contributed by atoms with Gasteiger partial charge in [-0.15, -0.1) is 13.2 Å². The van der Waals surface area contributed by atoms with Gasteiger partial charge in [0.1, 0.15) is 5.75 Å². The van der Waals surface area contributed by atoms with Crippen LogP contribution in [0, 0.1) is 0 Å². The predicted octanol–water partition coefficient (Wildman–Crippen LogP) is 3.90. The maximum Gasteiger partial charge on any atom is 0.573 e. The number of ether oxygens (including phenoxy) is 2. The zero-order valence-electron chi connectivity index (χ0n) is 13.5. The van der Waals surface area contributed by atoms with E-state index in [1.54, 1.807) is 24.3 Å². The molecule has 5 nitrogen and oxygen atoms in total. The smallest absolute Gasteiger partial charge is 0.406 e. The van der Waals surface area contributed by atoms with Crippen molar-refractivity contribution in [2.24, 2.45) is 0 Å². The van der Waals surface area contributed by atoms with E-state index in [1.807, 2.05) is 0 Å². The van der Waals surface area contributed by atoms with E-state index in [0.717, 1.165) is 24.3 Å². The third-order valence-corrected chi connectivity index (χ3v) is 5.15. The Morgan fingerprint density at radius 2 is 1.73 bits per heavy atom. The van der Waals surface area contributed by atoms with Gasteiger partial charge in [-0.1, -0.05) is 29.8 Å². The first-order valence-corrected chi connectivity index (χ1v) is 9.11. The van der Waals surface area contributed by atoms with Gasteiger partial charge in [0.2, 0.25) is 10.0 Å². The van der Waals surface area contributed by atoms with Crippen LogP contribution in [0.2, 0.25) is 5.02 Å². The molecule has 0 saturated carbocycles. The van der Waals surface area contributed by atoms with E-state index in [2.05, 4.69) is 9.46 Å². The predicted molar refractivity (Wildman–Crippen MR) is 89.5 cm³/mol. The number of halogens is 4. The average molecular weight is 410 g/mol. The monoisotopic (exact) mass is 409 g/mol. The Morgan fingerprint density at radius 3 is 2.27 bits per heavy atom. The topological polar surface area (TPSA) is 64.6 Å². The molecule has 0 aliphatic heterocycles. The zero-order valence-corrected chi connectivity index (χ0v) is 15.0. The van der Waals surface area contributed by atoms with Crippen molar-refractivity contribution in [3.05, 3.63) is 59.1 Å². The van der Waals surface area contributed by atoms with Crippen molar-refractivity contribution in [1.29, 1.82) is 0 Å². The Kier molecular flexibility index (Phi) is 6.51. The highest BCUT2D eigenvalue weighted by Gasteiger charge is 2.31. The number of hydrogen-bond donors (Lipinski definition) is 1. The van der Waals surface area contributed by atoms with Crippen molar-refractivity contribution in [1.82, 2.24) is 4.72 Å². The third kappa shape index (κ3) is 5.60. The molecule has 1 unspecified atom stereocenters. The summed E-state index contributed by atoms with van der Waals surface area (Å²) < 4.78 is 72.3. The molecule has 0 amide bonds. The molecular weight excluding hydrogens is 395 g/mol. The summed E-state index contributed by atoms with van der Waals surface area (Å²) in [4.78, 5) is -0.207. The average Bonchev–Trinajstić information content (AvgIpc) is 2.56. The highest BCUT2D eigenvalue weighted by molar-refractivity contribution is 7.89. The summed E-state index contributed by atoms with van der Waals surface area (Å²) in [7, 11) is -2.55. The minimum Gasteiger partial charge on any atom is -0.406 e. The Labute approximate surface area is 153 Å². The molecule has 1 atom stereocenters. The fraction of sp³-hybridized carbons (Fsp3) is 0.250. The molecule has 10 heteroatoms. The van der Waals surface area contributed by atoms with E-state index < -0.39 is 28.2 Å². The molecular formula is C16H15ClF3NO4S. The molecule has 26 heavy (non-hydrogen) atoms. The molecule has 142 valence electrons. The SMILES string of the molecule is COC(CNS(=O)(=O)c1ccc(OC(F)(F)F)cc1)c1ccccc1Cl. The highest BCUT2D eigenvalue weighted by atomic mass is 35.5. The zero-order chi connectivity index (χ0) is 19.4. The first-order chi connectivity index (χ1) is 12.1. The molecule has 0 aromatic heterocycles. The van der Waals surface area contributed by atoms with Crippen LogP contribution in [-0.4, -0.2) is 28.4 Å². The van der Waals surface area contributed by atoms with Crippen LogP contribution in [0.15, 0.2) is 53.4 Å². The van der Waals surface area contributed by atoms with Gasteiger partial charge in [-0.2, -0.15) is 0 Å². The summed E-state index contributed by atoms with van der Waals surface area (Å²) in [5.41, 5.74) is 0.605. The van der Waals surface area contributed by atoms with Crippen molar-refractivity contribution in [3.63, 3.8) is 0 Å². The van der Waals surface area contributed by atoms with Gasteiger partial charge in [0, 0.05) is 24.2 Å². The quantitative estimate of drug-likeness (QED) is 0.753. The van der Waals surface area contributed by atoms with Crippen LogP contribution in [0.25, 0.3) is 0 Å². The van der Waals surface area contributed by atoms with E-state index in [9.17, 15) is 21.6 Å². The van der Waals surface area contributed by atoms with E-state index in [4.69, 9.17) is 16.3 Å². The van der Waals surface area contributed by atoms with E-state index in [1.165, 1.54) is 7.11 Å². The second-order valence-electron chi connectivity index (χ2n) is 5.12. The minimum absolute atomic E-state index is 0.108. The summed E-state index contributed by atoms with van der Waals surface area (Å²) in [6, 6.07) is 10.7. The van der Waals surface area contributed by atoms with Gasteiger partial charge in [-0.05, 0) is 30.3 Å². The molecule has 0 bridgehead atoms. The largest absolute Gasteiger partial charge is 0.573 e. The summed E-state index contributed by atoms with van der Waals surface area (Å²) >= 11 is 6.07. The van der Waals surface area contributed by atoms with Gasteiger partial charge in [-0.25, -0.2) is 13.1 Å². The molecule has 1 N–H and O–H groups in total. The lowest BCUT2D eigenvalue weighted by Crippen LogP contribution is -2.29. The van der Waals surface area contributed by atoms with Crippen molar-refractivity contribution in [2.45, 2.75) is 17.4 Å². The van der Waals surface area contributed by atoms with Gasteiger partial charge < -0.3 is 9.47 Å². The van der Waals surface area contributed by atoms with Crippen LogP contribution in [0.4, 0.5) is 13.2 Å². The maximum atomic E-state index is 12.3. The summed E-state index contributed by atoms with van der Waals surface area (Å²) in [6.07, 6.45) is -5.48. The van der Waals surface area contributed by atoms with Crippen LogP contribution in [0.5, 0.6) is 5.75 Å². The van der Waals surface area contributed by atoms with Gasteiger partial charge >= 0.3 is 6.36 Å². The minimum atomic E-state index is -4.85. The molecule has 2 aromatic carbocycles. The Bertz CT molecular complexity index is 841. The Hall–Kier alpha value is -1.81. The van der Waals surface area contributed by atoms with Crippen molar-refractivity contribution < 1.29 is 31.1 Å². The lowest BCUT2D eigenvalue weighted by Gasteiger charge is -2.18. The Morgan fingerprint density at radius 1 is 1.12 bits per heavy atom. The van der Waals surface area contributed by atoms with Gasteiger partial charge in [-0.3, -0.25) is 0 Å². The van der Waals surface area contributed by atoms with E-state index >= 15 is 0 Å². The van der Waals surface area contributed by atoms with Gasteiger partial charge in [0.15, 0.2) is 0 Å². The second-order valence-corrected chi connectivity index (χ2v) is 7.29. The standard InChI is InChI=1S/C16H15ClF3NO4S/c1-24-15(13-4-2-3-5-14(13)17)10-21-26(22,23)12-8-6-11(7-9-12)25-16(18,19)20/h2-9,15,21H,10H2,1H3. The first-order valence-electron chi connectivity index (χ1n) is 7.25. The summed E-state index contributed by atoms with van der Waals surface area (Å²) in [6.45, 7) is -0.108. The number of rotatable bonds is 7. The fourth-order valence-electron chi connectivity index (χ4n) is 2.15. The number of hydrogen-bond acceptors (Lipinski definition) is 4. The first kappa shape index (κ1) is 20.5. The lowest BCUT2D eigenvalue weighted by atomic mass is 10.1. The fourth-order valence-corrected chi connectivity index (χ4v) is 3.43. The van der Waals surface area contributed by atoms with Crippen LogP contribution < -0.4 is 9.46 Å². The molecule has 2 rings (SSSR count). The van der Waals surface area contributed by atoms with Crippen LogP contribution in [0.1, 0.15) is 11.7 Å². The van der Waals surface area contributed by atoms with Gasteiger partial charge in [0.25, 0.3) is 0 Å². The van der Waals surface area contributed by atoms with Crippen molar-refractivity contribution >= 4 is 21.6 Å². The normalized spacial score (nSPS) is 13.4. The van der Waals surface area contributed by atoms with E-state index in [0.29, 0.717) is 10.6 Å². The number of nitrogens with one attached hydrogen (secondary N) is 1. The molecule has 0 fully saturated rings. The molecule has 0 saturated heterocycles.